The average Bonchev–Trinajstić information content (AvgIpc) is 2.85. The summed E-state index contributed by atoms with van der Waals surface area (Å²) in [5.74, 6) is 0. The second-order valence-corrected chi connectivity index (χ2v) is 5.10. The SMILES string of the molecule is CC(C)NCc1csc(C2CCCO2)n1. The normalized spacial score (nSPS) is 21.4. The fourth-order valence-electron chi connectivity index (χ4n) is 1.63. The average molecular weight is 226 g/mol. The summed E-state index contributed by atoms with van der Waals surface area (Å²) in [7, 11) is 0. The summed E-state index contributed by atoms with van der Waals surface area (Å²) in [6.45, 7) is 6.05. The van der Waals surface area contributed by atoms with E-state index in [4.69, 9.17) is 4.74 Å². The number of nitrogens with one attached hydrogen (secondary N) is 1. The molecule has 1 saturated heterocycles. The third kappa shape index (κ3) is 3.00. The molecule has 84 valence electrons. The molecule has 3 nitrogen and oxygen atoms in total. The standard InChI is InChI=1S/C11H18N2OS/c1-8(2)12-6-9-7-15-11(13-9)10-4-3-5-14-10/h7-8,10,12H,3-6H2,1-2H3. The Hall–Kier alpha value is -0.450. The number of hydrogen-bond donors (Lipinski definition) is 1. The van der Waals surface area contributed by atoms with Crippen LogP contribution in [0.25, 0.3) is 0 Å². The fraction of sp³-hybridized carbons (Fsp3) is 0.727. The number of nitrogens with zero attached hydrogens (tertiary/aromatic N) is 1. The Morgan fingerprint density at radius 1 is 1.67 bits per heavy atom. The first-order chi connectivity index (χ1) is 7.25. The van der Waals surface area contributed by atoms with E-state index in [1.165, 1.54) is 6.42 Å². The third-order valence-electron chi connectivity index (χ3n) is 2.47. The van der Waals surface area contributed by atoms with Gasteiger partial charge in [0.15, 0.2) is 0 Å². The van der Waals surface area contributed by atoms with E-state index in [1.807, 2.05) is 0 Å². The van der Waals surface area contributed by atoms with Crippen LogP contribution in [0.3, 0.4) is 0 Å². The van der Waals surface area contributed by atoms with Crippen molar-refractivity contribution in [3.63, 3.8) is 0 Å². The Balaban J connectivity index is 1.91. The van der Waals surface area contributed by atoms with Crippen LogP contribution >= 0.6 is 11.3 Å². The van der Waals surface area contributed by atoms with Gasteiger partial charge in [0.2, 0.25) is 0 Å². The van der Waals surface area contributed by atoms with Crippen molar-refractivity contribution in [3.8, 4) is 0 Å². The number of hydrogen-bond acceptors (Lipinski definition) is 4. The van der Waals surface area contributed by atoms with E-state index in [0.29, 0.717) is 6.04 Å². The molecule has 4 heteroatoms. The van der Waals surface area contributed by atoms with Crippen LogP contribution in [0.2, 0.25) is 0 Å². The van der Waals surface area contributed by atoms with Crippen molar-refractivity contribution in [2.24, 2.45) is 0 Å². The van der Waals surface area contributed by atoms with Gasteiger partial charge < -0.3 is 10.1 Å². The molecule has 0 aromatic carbocycles. The Morgan fingerprint density at radius 2 is 2.53 bits per heavy atom. The van der Waals surface area contributed by atoms with Gasteiger partial charge in [-0.25, -0.2) is 4.98 Å². The van der Waals surface area contributed by atoms with E-state index in [2.05, 4.69) is 29.5 Å². The molecule has 2 heterocycles. The van der Waals surface area contributed by atoms with Crippen LogP contribution < -0.4 is 5.32 Å². The maximum absolute atomic E-state index is 5.61. The second kappa shape index (κ2) is 5.05. The molecule has 1 atom stereocenters. The summed E-state index contributed by atoms with van der Waals surface area (Å²) in [5.41, 5.74) is 1.14. The van der Waals surface area contributed by atoms with Crippen LogP contribution in [-0.4, -0.2) is 17.6 Å². The molecule has 0 amide bonds. The lowest BCUT2D eigenvalue weighted by molar-refractivity contribution is 0.111. The van der Waals surface area contributed by atoms with Crippen molar-refractivity contribution >= 4 is 11.3 Å². The van der Waals surface area contributed by atoms with Gasteiger partial charge in [0.1, 0.15) is 11.1 Å². The molecule has 2 rings (SSSR count). The summed E-state index contributed by atoms with van der Waals surface area (Å²) in [5, 5.41) is 6.65. The van der Waals surface area contributed by atoms with Crippen molar-refractivity contribution < 1.29 is 4.74 Å². The van der Waals surface area contributed by atoms with Gasteiger partial charge in [0.25, 0.3) is 0 Å². The first kappa shape index (κ1) is 11.0. The molecule has 0 aliphatic carbocycles. The minimum atomic E-state index is 0.266. The summed E-state index contributed by atoms with van der Waals surface area (Å²) in [6, 6.07) is 0.512. The van der Waals surface area contributed by atoms with E-state index < -0.39 is 0 Å². The van der Waals surface area contributed by atoms with Crippen molar-refractivity contribution in [3.05, 3.63) is 16.1 Å². The zero-order valence-electron chi connectivity index (χ0n) is 9.32. The van der Waals surface area contributed by atoms with Gasteiger partial charge in [-0.3, -0.25) is 0 Å². The summed E-state index contributed by atoms with van der Waals surface area (Å²) < 4.78 is 5.61. The first-order valence-corrected chi connectivity index (χ1v) is 6.43. The molecule has 0 saturated carbocycles. The van der Waals surface area contributed by atoms with Gasteiger partial charge in [-0.15, -0.1) is 11.3 Å². The topological polar surface area (TPSA) is 34.1 Å². The minimum Gasteiger partial charge on any atom is -0.371 e. The van der Waals surface area contributed by atoms with Crippen molar-refractivity contribution in [1.29, 1.82) is 0 Å². The smallest absolute Gasteiger partial charge is 0.122 e. The molecule has 1 aromatic rings. The molecule has 1 N–H and O–H groups in total. The monoisotopic (exact) mass is 226 g/mol. The Kier molecular flexibility index (Phi) is 3.72. The minimum absolute atomic E-state index is 0.266. The van der Waals surface area contributed by atoms with Crippen LogP contribution in [0.5, 0.6) is 0 Å². The number of rotatable bonds is 4. The van der Waals surface area contributed by atoms with Crippen LogP contribution in [0.4, 0.5) is 0 Å². The summed E-state index contributed by atoms with van der Waals surface area (Å²) >= 11 is 1.72. The molecule has 1 fully saturated rings. The zero-order valence-corrected chi connectivity index (χ0v) is 10.1. The lowest BCUT2D eigenvalue weighted by atomic mass is 10.2. The van der Waals surface area contributed by atoms with Gasteiger partial charge in [-0.1, -0.05) is 13.8 Å². The van der Waals surface area contributed by atoms with E-state index in [1.54, 1.807) is 11.3 Å². The molecular formula is C11H18N2OS. The highest BCUT2D eigenvalue weighted by atomic mass is 32.1. The molecule has 0 spiro atoms. The Morgan fingerprint density at radius 3 is 3.20 bits per heavy atom. The zero-order chi connectivity index (χ0) is 10.7. The van der Waals surface area contributed by atoms with E-state index in [0.717, 1.165) is 30.3 Å². The van der Waals surface area contributed by atoms with Crippen LogP contribution in [0, 0.1) is 0 Å². The maximum Gasteiger partial charge on any atom is 0.122 e. The molecule has 0 bridgehead atoms. The molecule has 1 unspecified atom stereocenters. The molecule has 1 aliphatic rings. The molecule has 1 aliphatic heterocycles. The van der Waals surface area contributed by atoms with Gasteiger partial charge in [0.05, 0.1) is 5.69 Å². The highest BCUT2D eigenvalue weighted by molar-refractivity contribution is 7.09. The van der Waals surface area contributed by atoms with Gasteiger partial charge in [0, 0.05) is 24.6 Å². The number of thiazole rings is 1. The fourth-order valence-corrected chi connectivity index (χ4v) is 2.53. The lowest BCUT2D eigenvalue weighted by Crippen LogP contribution is -2.22. The molecule has 0 radical (unpaired) electrons. The van der Waals surface area contributed by atoms with Crippen molar-refractivity contribution in [2.45, 2.75) is 45.4 Å². The van der Waals surface area contributed by atoms with Gasteiger partial charge in [-0.2, -0.15) is 0 Å². The van der Waals surface area contributed by atoms with E-state index in [-0.39, 0.29) is 6.10 Å². The van der Waals surface area contributed by atoms with Crippen LogP contribution in [0.1, 0.15) is 43.5 Å². The second-order valence-electron chi connectivity index (χ2n) is 4.21. The van der Waals surface area contributed by atoms with Crippen LogP contribution in [-0.2, 0) is 11.3 Å². The largest absolute Gasteiger partial charge is 0.371 e. The molecular weight excluding hydrogens is 208 g/mol. The first-order valence-electron chi connectivity index (χ1n) is 5.55. The highest BCUT2D eigenvalue weighted by Crippen LogP contribution is 2.30. The van der Waals surface area contributed by atoms with E-state index >= 15 is 0 Å². The predicted octanol–water partition coefficient (Wildman–Crippen LogP) is 2.49. The maximum atomic E-state index is 5.61. The summed E-state index contributed by atoms with van der Waals surface area (Å²) in [6.07, 6.45) is 2.57. The molecule has 1 aromatic heterocycles. The highest BCUT2D eigenvalue weighted by Gasteiger charge is 2.20. The summed E-state index contributed by atoms with van der Waals surface area (Å²) in [4.78, 5) is 4.60. The third-order valence-corrected chi connectivity index (χ3v) is 3.45. The van der Waals surface area contributed by atoms with E-state index in [9.17, 15) is 0 Å². The lowest BCUT2D eigenvalue weighted by Gasteiger charge is -2.06. The number of ether oxygens (including phenoxy) is 1. The van der Waals surface area contributed by atoms with Gasteiger partial charge >= 0.3 is 0 Å². The predicted molar refractivity (Wildman–Crippen MR) is 62.0 cm³/mol. The van der Waals surface area contributed by atoms with Crippen molar-refractivity contribution in [2.75, 3.05) is 6.61 Å². The Labute approximate surface area is 94.9 Å². The quantitative estimate of drug-likeness (QED) is 0.856. The Bertz CT molecular complexity index is 305. The van der Waals surface area contributed by atoms with Crippen molar-refractivity contribution in [1.82, 2.24) is 10.3 Å². The number of aromatic nitrogens is 1. The van der Waals surface area contributed by atoms with Crippen LogP contribution in [0.15, 0.2) is 5.38 Å². The van der Waals surface area contributed by atoms with Gasteiger partial charge in [-0.05, 0) is 12.8 Å². The molecule has 15 heavy (non-hydrogen) atoms.